The molecule has 0 saturated carbocycles. The molecular formula is C16H15N3O4S. The van der Waals surface area contributed by atoms with Gasteiger partial charge in [0.15, 0.2) is 11.5 Å². The molecule has 24 heavy (non-hydrogen) atoms. The molecule has 0 aliphatic carbocycles. The zero-order chi connectivity index (χ0) is 16.5. The number of benzene rings is 1. The Morgan fingerprint density at radius 2 is 2.17 bits per heavy atom. The van der Waals surface area contributed by atoms with E-state index < -0.39 is 0 Å². The Bertz CT molecular complexity index is 865. The van der Waals surface area contributed by atoms with E-state index in [9.17, 15) is 9.59 Å². The van der Waals surface area contributed by atoms with Crippen molar-refractivity contribution >= 4 is 23.4 Å². The molecule has 7 nitrogen and oxygen atoms in total. The molecular weight excluding hydrogens is 330 g/mol. The number of hydrogen-bond donors (Lipinski definition) is 1. The van der Waals surface area contributed by atoms with Crippen molar-refractivity contribution in [1.29, 1.82) is 0 Å². The van der Waals surface area contributed by atoms with Gasteiger partial charge in [-0.05, 0) is 23.4 Å². The number of hydrogen-bond acceptors (Lipinski definition) is 6. The third kappa shape index (κ3) is 2.96. The first-order chi connectivity index (χ1) is 11.7. The van der Waals surface area contributed by atoms with Gasteiger partial charge in [0.25, 0.3) is 5.56 Å². The van der Waals surface area contributed by atoms with Crippen molar-refractivity contribution in [2.45, 2.75) is 18.7 Å². The molecule has 0 saturated heterocycles. The van der Waals surface area contributed by atoms with Crippen LogP contribution in [0, 0.1) is 0 Å². The molecule has 1 N–H and O–H groups in total. The Labute approximate surface area is 142 Å². The third-order valence-electron chi connectivity index (χ3n) is 3.85. The quantitative estimate of drug-likeness (QED) is 0.905. The molecule has 4 rings (SSSR count). The zero-order valence-electron chi connectivity index (χ0n) is 12.8. The molecule has 0 atom stereocenters. The lowest BCUT2D eigenvalue weighted by Crippen LogP contribution is -2.31. The second kappa shape index (κ2) is 6.20. The van der Waals surface area contributed by atoms with Crippen molar-refractivity contribution in [3.8, 4) is 11.5 Å². The number of nitrogens with one attached hydrogen (secondary N) is 1. The molecule has 1 aromatic heterocycles. The van der Waals surface area contributed by atoms with Crippen molar-refractivity contribution in [2.75, 3.05) is 17.9 Å². The number of fused-ring (bicyclic) bond motifs is 2. The zero-order valence-corrected chi connectivity index (χ0v) is 13.6. The van der Waals surface area contributed by atoms with E-state index >= 15 is 0 Å². The second-order valence-corrected chi connectivity index (χ2v) is 6.64. The Morgan fingerprint density at radius 3 is 3.08 bits per heavy atom. The summed E-state index contributed by atoms with van der Waals surface area (Å²) in [7, 11) is 0. The van der Waals surface area contributed by atoms with E-state index in [-0.39, 0.29) is 24.8 Å². The first-order valence-corrected chi connectivity index (χ1v) is 8.72. The first kappa shape index (κ1) is 15.1. The highest BCUT2D eigenvalue weighted by atomic mass is 32.2. The standard InChI is InChI=1S/C16H15N3O4S/c20-15(17-11-1-2-13-14(6-11)23-9-22-13)7-19-16(21)5-10-8-24-4-3-12(10)18-19/h1-2,5-6H,3-4,7-9H2,(H,17,20). The lowest BCUT2D eigenvalue weighted by Gasteiger charge is -2.15. The van der Waals surface area contributed by atoms with Crippen molar-refractivity contribution in [3.63, 3.8) is 0 Å². The fourth-order valence-corrected chi connectivity index (χ4v) is 3.63. The van der Waals surface area contributed by atoms with Crippen molar-refractivity contribution in [1.82, 2.24) is 9.78 Å². The van der Waals surface area contributed by atoms with Gasteiger partial charge >= 0.3 is 0 Å². The van der Waals surface area contributed by atoms with Crippen LogP contribution >= 0.6 is 11.8 Å². The van der Waals surface area contributed by atoms with Crippen LogP contribution in [0.3, 0.4) is 0 Å². The maximum absolute atomic E-state index is 12.2. The molecule has 0 bridgehead atoms. The van der Waals surface area contributed by atoms with E-state index in [4.69, 9.17) is 9.47 Å². The van der Waals surface area contributed by atoms with Gasteiger partial charge in [0, 0.05) is 30.0 Å². The summed E-state index contributed by atoms with van der Waals surface area (Å²) in [6.07, 6.45) is 0.823. The minimum Gasteiger partial charge on any atom is -0.454 e. The Morgan fingerprint density at radius 1 is 1.29 bits per heavy atom. The highest BCUT2D eigenvalue weighted by Gasteiger charge is 2.16. The molecule has 8 heteroatoms. The molecule has 2 aromatic rings. The van der Waals surface area contributed by atoms with Gasteiger partial charge in [-0.3, -0.25) is 9.59 Å². The van der Waals surface area contributed by atoms with Gasteiger partial charge in [0.1, 0.15) is 6.54 Å². The number of rotatable bonds is 3. The Hall–Kier alpha value is -2.48. The molecule has 2 aliphatic rings. The fourth-order valence-electron chi connectivity index (χ4n) is 2.68. The van der Waals surface area contributed by atoms with Crippen LogP contribution in [0.4, 0.5) is 5.69 Å². The summed E-state index contributed by atoms with van der Waals surface area (Å²) in [5.41, 5.74) is 2.22. The number of amides is 1. The van der Waals surface area contributed by atoms with E-state index in [1.165, 1.54) is 4.68 Å². The highest BCUT2D eigenvalue weighted by molar-refractivity contribution is 7.98. The van der Waals surface area contributed by atoms with Crippen LogP contribution < -0.4 is 20.3 Å². The number of aryl methyl sites for hydroxylation is 1. The van der Waals surface area contributed by atoms with E-state index in [2.05, 4.69) is 10.4 Å². The summed E-state index contributed by atoms with van der Waals surface area (Å²) < 4.78 is 11.7. The summed E-state index contributed by atoms with van der Waals surface area (Å²) in [6.45, 7) is 0.0627. The van der Waals surface area contributed by atoms with E-state index in [0.29, 0.717) is 17.2 Å². The number of carbonyl (C=O) groups is 1. The maximum Gasteiger partial charge on any atom is 0.267 e. The number of anilines is 1. The lowest BCUT2D eigenvalue weighted by atomic mass is 10.2. The molecule has 1 aromatic carbocycles. The molecule has 3 heterocycles. The molecule has 2 aliphatic heterocycles. The van der Waals surface area contributed by atoms with Crippen LogP contribution in [0.15, 0.2) is 29.1 Å². The smallest absolute Gasteiger partial charge is 0.267 e. The number of carbonyl (C=O) groups excluding carboxylic acids is 1. The monoisotopic (exact) mass is 345 g/mol. The van der Waals surface area contributed by atoms with Gasteiger partial charge in [-0.1, -0.05) is 0 Å². The normalized spacial score (nSPS) is 15.0. The summed E-state index contributed by atoms with van der Waals surface area (Å²) in [4.78, 5) is 24.3. The predicted octanol–water partition coefficient (Wildman–Crippen LogP) is 1.40. The lowest BCUT2D eigenvalue weighted by molar-refractivity contribution is -0.117. The summed E-state index contributed by atoms with van der Waals surface area (Å²) in [5, 5.41) is 7.09. The fraction of sp³-hybridized carbons (Fsp3) is 0.312. The van der Waals surface area contributed by atoms with Crippen LogP contribution in [0.2, 0.25) is 0 Å². The minimum atomic E-state index is -0.311. The van der Waals surface area contributed by atoms with Crippen LogP contribution in [-0.4, -0.2) is 28.2 Å². The van der Waals surface area contributed by atoms with Gasteiger partial charge in [-0.2, -0.15) is 16.9 Å². The largest absolute Gasteiger partial charge is 0.454 e. The van der Waals surface area contributed by atoms with Gasteiger partial charge in [-0.25, -0.2) is 4.68 Å². The van der Waals surface area contributed by atoms with Gasteiger partial charge in [0.2, 0.25) is 12.7 Å². The second-order valence-electron chi connectivity index (χ2n) is 5.53. The molecule has 124 valence electrons. The number of ether oxygens (including phenoxy) is 2. The van der Waals surface area contributed by atoms with Crippen LogP contribution in [0.25, 0.3) is 0 Å². The van der Waals surface area contributed by atoms with Crippen LogP contribution in [0.5, 0.6) is 11.5 Å². The average Bonchev–Trinajstić information content (AvgIpc) is 3.03. The number of nitrogens with zero attached hydrogens (tertiary/aromatic N) is 2. The van der Waals surface area contributed by atoms with E-state index in [1.54, 1.807) is 36.0 Å². The number of aromatic nitrogens is 2. The van der Waals surface area contributed by atoms with Gasteiger partial charge in [0.05, 0.1) is 5.69 Å². The molecule has 1 amide bonds. The molecule has 0 fully saturated rings. The van der Waals surface area contributed by atoms with E-state index in [1.807, 2.05) is 0 Å². The van der Waals surface area contributed by atoms with Crippen LogP contribution in [0.1, 0.15) is 11.3 Å². The first-order valence-electron chi connectivity index (χ1n) is 7.56. The summed E-state index contributed by atoms with van der Waals surface area (Å²) in [5.74, 6) is 2.73. The molecule has 0 radical (unpaired) electrons. The van der Waals surface area contributed by atoms with Crippen LogP contribution in [-0.2, 0) is 23.5 Å². The molecule has 0 unspecified atom stereocenters. The van der Waals surface area contributed by atoms with Gasteiger partial charge < -0.3 is 14.8 Å². The average molecular weight is 345 g/mol. The van der Waals surface area contributed by atoms with Gasteiger partial charge in [-0.15, -0.1) is 0 Å². The maximum atomic E-state index is 12.2. The SMILES string of the molecule is O=C(Cn1nc2c(cc1=O)CSCC2)Nc1ccc2c(c1)OCO2. The molecule has 0 spiro atoms. The highest BCUT2D eigenvalue weighted by Crippen LogP contribution is 2.34. The predicted molar refractivity (Wildman–Crippen MR) is 89.6 cm³/mol. The topological polar surface area (TPSA) is 82.5 Å². The van der Waals surface area contributed by atoms with E-state index in [0.717, 1.165) is 29.2 Å². The summed E-state index contributed by atoms with van der Waals surface area (Å²) in [6, 6.07) is 6.74. The van der Waals surface area contributed by atoms with Crippen molar-refractivity contribution in [3.05, 3.63) is 45.9 Å². The Kier molecular flexibility index (Phi) is 3.89. The minimum absolute atomic E-state index is 0.117. The van der Waals surface area contributed by atoms with Crippen molar-refractivity contribution < 1.29 is 14.3 Å². The van der Waals surface area contributed by atoms with Crippen molar-refractivity contribution in [2.24, 2.45) is 0 Å². The summed E-state index contributed by atoms with van der Waals surface area (Å²) >= 11 is 1.79. The third-order valence-corrected chi connectivity index (χ3v) is 4.86. The number of thioether (sulfide) groups is 1. The Balaban J connectivity index is 1.49.